The zero-order chi connectivity index (χ0) is 12.3. The van der Waals surface area contributed by atoms with Crippen molar-refractivity contribution in [2.45, 2.75) is 18.9 Å². The second kappa shape index (κ2) is 4.91. The molecule has 0 aliphatic heterocycles. The third kappa shape index (κ3) is 2.41. The molecule has 2 aromatic rings. The van der Waals surface area contributed by atoms with E-state index in [1.54, 1.807) is 35.4 Å². The fourth-order valence-corrected chi connectivity index (χ4v) is 1.86. The molecule has 4 heteroatoms. The molecule has 0 amide bonds. The Morgan fingerprint density at radius 1 is 1.35 bits per heavy atom. The Labute approximate surface area is 98.9 Å². The molecule has 1 aromatic carbocycles. The fraction of sp³-hybridized carbons (Fsp3) is 0.231. The molecule has 0 radical (unpaired) electrons. The van der Waals surface area contributed by atoms with Gasteiger partial charge in [0.25, 0.3) is 0 Å². The first kappa shape index (κ1) is 11.5. The van der Waals surface area contributed by atoms with Gasteiger partial charge in [-0.15, -0.1) is 0 Å². The van der Waals surface area contributed by atoms with E-state index in [1.807, 2.05) is 6.92 Å². The van der Waals surface area contributed by atoms with Gasteiger partial charge in [-0.3, -0.25) is 0 Å². The third-order valence-electron chi connectivity index (χ3n) is 2.92. The van der Waals surface area contributed by atoms with E-state index >= 15 is 0 Å². The number of nitrogens with zero attached hydrogens (tertiary/aromatic N) is 2. The molecule has 2 atom stereocenters. The van der Waals surface area contributed by atoms with Crippen LogP contribution < -0.4 is 0 Å². The minimum atomic E-state index is -0.317. The first-order valence-electron chi connectivity index (χ1n) is 5.40. The van der Waals surface area contributed by atoms with Crippen molar-refractivity contribution < 1.29 is 9.18 Å². The Morgan fingerprint density at radius 2 is 2.06 bits per heavy atom. The number of hydrogen-bond donors (Lipinski definition) is 0. The van der Waals surface area contributed by atoms with E-state index in [0.717, 1.165) is 11.8 Å². The van der Waals surface area contributed by atoms with Gasteiger partial charge < -0.3 is 9.36 Å². The molecule has 2 rings (SSSR count). The largest absolute Gasteiger partial charge is 0.327 e. The van der Waals surface area contributed by atoms with Crippen molar-refractivity contribution >= 4 is 6.29 Å². The van der Waals surface area contributed by atoms with Gasteiger partial charge in [-0.05, 0) is 17.7 Å². The van der Waals surface area contributed by atoms with Gasteiger partial charge in [0.1, 0.15) is 12.1 Å². The summed E-state index contributed by atoms with van der Waals surface area (Å²) in [6, 6.07) is 5.90. The Morgan fingerprint density at radius 3 is 2.59 bits per heavy atom. The van der Waals surface area contributed by atoms with Gasteiger partial charge in [0, 0.05) is 18.3 Å². The standard InChI is InChI=1S/C13H13FN2O/c1-10(11-2-4-12(14)5-3-11)13(8-17)16-7-6-15-9-16/h2-10,13H,1H3. The van der Waals surface area contributed by atoms with Gasteiger partial charge in [0.05, 0.1) is 12.4 Å². The monoisotopic (exact) mass is 232 g/mol. The van der Waals surface area contributed by atoms with Crippen LogP contribution in [-0.4, -0.2) is 15.8 Å². The van der Waals surface area contributed by atoms with Crippen molar-refractivity contribution in [3.8, 4) is 0 Å². The number of carbonyl (C=O) groups excluding carboxylic acids is 1. The van der Waals surface area contributed by atoms with Crippen LogP contribution in [0.25, 0.3) is 0 Å². The maximum atomic E-state index is 12.8. The van der Waals surface area contributed by atoms with Crippen LogP contribution in [-0.2, 0) is 4.79 Å². The number of hydrogen-bond acceptors (Lipinski definition) is 2. The molecular formula is C13H13FN2O. The lowest BCUT2D eigenvalue weighted by atomic mass is 9.94. The number of imidazole rings is 1. The van der Waals surface area contributed by atoms with Gasteiger partial charge in [0.2, 0.25) is 0 Å². The Hall–Kier alpha value is -1.97. The highest BCUT2D eigenvalue weighted by Gasteiger charge is 2.19. The summed E-state index contributed by atoms with van der Waals surface area (Å²) >= 11 is 0. The molecule has 0 spiro atoms. The number of halogens is 1. The number of benzene rings is 1. The van der Waals surface area contributed by atoms with Crippen LogP contribution in [0.15, 0.2) is 43.0 Å². The molecular weight excluding hydrogens is 219 g/mol. The number of rotatable bonds is 4. The van der Waals surface area contributed by atoms with E-state index < -0.39 is 0 Å². The zero-order valence-corrected chi connectivity index (χ0v) is 9.45. The summed E-state index contributed by atoms with van der Waals surface area (Å²) in [4.78, 5) is 15.1. The molecule has 2 unspecified atom stereocenters. The normalized spacial score (nSPS) is 14.2. The van der Waals surface area contributed by atoms with E-state index in [9.17, 15) is 9.18 Å². The lowest BCUT2D eigenvalue weighted by Gasteiger charge is -2.20. The van der Waals surface area contributed by atoms with Crippen molar-refractivity contribution in [2.75, 3.05) is 0 Å². The lowest BCUT2D eigenvalue weighted by molar-refractivity contribution is -0.111. The summed E-state index contributed by atoms with van der Waals surface area (Å²) in [6.45, 7) is 1.94. The predicted octanol–water partition coefficient (Wildman–Crippen LogP) is 2.57. The molecule has 0 bridgehead atoms. The molecule has 3 nitrogen and oxygen atoms in total. The van der Waals surface area contributed by atoms with Crippen molar-refractivity contribution in [3.63, 3.8) is 0 Å². The summed E-state index contributed by atoms with van der Waals surface area (Å²) in [5.74, 6) is -0.298. The van der Waals surface area contributed by atoms with Crippen molar-refractivity contribution in [1.29, 1.82) is 0 Å². The summed E-state index contributed by atoms with van der Waals surface area (Å²) in [7, 11) is 0. The van der Waals surface area contributed by atoms with Gasteiger partial charge in [0.15, 0.2) is 0 Å². The predicted molar refractivity (Wildman–Crippen MR) is 62.1 cm³/mol. The highest BCUT2D eigenvalue weighted by Crippen LogP contribution is 2.26. The van der Waals surface area contributed by atoms with E-state index in [0.29, 0.717) is 0 Å². The van der Waals surface area contributed by atoms with Gasteiger partial charge in [-0.25, -0.2) is 9.37 Å². The molecule has 0 fully saturated rings. The summed E-state index contributed by atoms with van der Waals surface area (Å²) in [5, 5.41) is 0. The molecule has 1 aromatic heterocycles. The van der Waals surface area contributed by atoms with Crippen LogP contribution >= 0.6 is 0 Å². The van der Waals surface area contributed by atoms with E-state index in [-0.39, 0.29) is 17.8 Å². The summed E-state index contributed by atoms with van der Waals surface area (Å²) < 4.78 is 14.6. The van der Waals surface area contributed by atoms with Crippen LogP contribution in [0.3, 0.4) is 0 Å². The van der Waals surface area contributed by atoms with Crippen LogP contribution in [0.4, 0.5) is 4.39 Å². The second-order valence-electron chi connectivity index (χ2n) is 3.98. The van der Waals surface area contributed by atoms with Crippen molar-refractivity contribution in [1.82, 2.24) is 9.55 Å². The van der Waals surface area contributed by atoms with Crippen LogP contribution in [0.2, 0.25) is 0 Å². The average Bonchev–Trinajstić information content (AvgIpc) is 2.84. The van der Waals surface area contributed by atoms with Gasteiger partial charge >= 0.3 is 0 Å². The molecule has 0 aliphatic rings. The van der Waals surface area contributed by atoms with Crippen molar-refractivity contribution in [2.24, 2.45) is 0 Å². The third-order valence-corrected chi connectivity index (χ3v) is 2.92. The molecule has 88 valence electrons. The highest BCUT2D eigenvalue weighted by atomic mass is 19.1. The molecule has 0 saturated carbocycles. The minimum absolute atomic E-state index is 0.0256. The number of aromatic nitrogens is 2. The Bertz CT molecular complexity index is 479. The molecule has 0 aliphatic carbocycles. The lowest BCUT2D eigenvalue weighted by Crippen LogP contribution is -2.16. The second-order valence-corrected chi connectivity index (χ2v) is 3.98. The van der Waals surface area contributed by atoms with Crippen LogP contribution in [0.1, 0.15) is 24.4 Å². The van der Waals surface area contributed by atoms with Crippen LogP contribution in [0, 0.1) is 5.82 Å². The van der Waals surface area contributed by atoms with E-state index in [4.69, 9.17) is 0 Å². The van der Waals surface area contributed by atoms with E-state index in [2.05, 4.69) is 4.98 Å². The summed E-state index contributed by atoms with van der Waals surface area (Å²) in [6.07, 6.45) is 5.88. The average molecular weight is 232 g/mol. The maximum absolute atomic E-state index is 12.8. The Balaban J connectivity index is 2.26. The molecule has 0 saturated heterocycles. The highest BCUT2D eigenvalue weighted by molar-refractivity contribution is 5.58. The fourth-order valence-electron chi connectivity index (χ4n) is 1.86. The van der Waals surface area contributed by atoms with Crippen molar-refractivity contribution in [3.05, 3.63) is 54.4 Å². The zero-order valence-electron chi connectivity index (χ0n) is 9.45. The Kier molecular flexibility index (Phi) is 3.32. The quantitative estimate of drug-likeness (QED) is 0.759. The maximum Gasteiger partial charge on any atom is 0.143 e. The van der Waals surface area contributed by atoms with Gasteiger partial charge in [-0.2, -0.15) is 0 Å². The molecule has 0 N–H and O–H groups in total. The van der Waals surface area contributed by atoms with E-state index in [1.165, 1.54) is 12.1 Å². The SMILES string of the molecule is CC(c1ccc(F)cc1)C(C=O)n1ccnc1. The smallest absolute Gasteiger partial charge is 0.143 e. The first-order chi connectivity index (χ1) is 8.22. The number of aldehydes is 1. The number of carbonyl (C=O) groups is 1. The van der Waals surface area contributed by atoms with Gasteiger partial charge in [-0.1, -0.05) is 19.1 Å². The summed E-state index contributed by atoms with van der Waals surface area (Å²) in [5.41, 5.74) is 0.928. The molecule has 1 heterocycles. The topological polar surface area (TPSA) is 34.9 Å². The first-order valence-corrected chi connectivity index (χ1v) is 5.40. The molecule has 17 heavy (non-hydrogen) atoms. The minimum Gasteiger partial charge on any atom is -0.327 e. The van der Waals surface area contributed by atoms with Crippen LogP contribution in [0.5, 0.6) is 0 Å².